The first-order valence-electron chi connectivity index (χ1n) is 16.5. The summed E-state index contributed by atoms with van der Waals surface area (Å²) in [6, 6.07) is 49.2. The highest BCUT2D eigenvalue weighted by Gasteiger charge is 2.27. The van der Waals surface area contributed by atoms with Gasteiger partial charge in [0.15, 0.2) is 5.82 Å². The Bertz CT molecular complexity index is 2150. The molecule has 0 spiro atoms. The van der Waals surface area contributed by atoms with Crippen LogP contribution in [-0.4, -0.2) is 19.9 Å². The monoisotopic (exact) mass is 622 g/mol. The largest absolute Gasteiger partial charge is 0.256 e. The van der Waals surface area contributed by atoms with Crippen molar-refractivity contribution in [2.75, 3.05) is 0 Å². The van der Waals surface area contributed by atoms with E-state index in [1.54, 1.807) is 6.33 Å². The molecule has 7 rings (SSSR count). The number of benzene rings is 5. The normalized spacial score (nSPS) is 11.5. The Hall–Kier alpha value is -5.74. The molecule has 0 radical (unpaired) electrons. The van der Waals surface area contributed by atoms with Gasteiger partial charge in [-0.25, -0.2) is 15.0 Å². The van der Waals surface area contributed by atoms with Crippen molar-refractivity contribution in [1.29, 1.82) is 0 Å². The van der Waals surface area contributed by atoms with Gasteiger partial charge in [0.25, 0.3) is 0 Å². The maximum atomic E-state index is 4.96. The van der Waals surface area contributed by atoms with Gasteiger partial charge in [-0.1, -0.05) is 129 Å². The van der Waals surface area contributed by atoms with Crippen molar-refractivity contribution in [2.45, 2.75) is 39.0 Å². The zero-order valence-corrected chi connectivity index (χ0v) is 27.8. The molecule has 0 aliphatic rings. The standard InChI is InChI=1S/C44H38N4/c1-30(2)37-25-38(27-39(26-37)41-15-8-9-24-45-41)34-18-16-33(17-19-34)36-13-10-14-40(28-36)44(3,4)43-47-29-46-42(48-43)35-22-20-32(21-23-35)31-11-6-5-7-12-31/h5-30H,1-4H3. The minimum absolute atomic E-state index is 0.415. The third kappa shape index (κ3) is 6.43. The zero-order valence-electron chi connectivity index (χ0n) is 27.8. The summed E-state index contributed by atoms with van der Waals surface area (Å²) in [6.07, 6.45) is 3.48. The predicted octanol–water partition coefficient (Wildman–Crippen LogP) is 11.1. The van der Waals surface area contributed by atoms with Crippen LogP contribution in [0.4, 0.5) is 0 Å². The lowest BCUT2D eigenvalue weighted by molar-refractivity contribution is 0.586. The van der Waals surface area contributed by atoms with Gasteiger partial charge < -0.3 is 0 Å². The van der Waals surface area contributed by atoms with E-state index < -0.39 is 5.41 Å². The highest BCUT2D eigenvalue weighted by Crippen LogP contribution is 2.35. The average molecular weight is 623 g/mol. The van der Waals surface area contributed by atoms with Gasteiger partial charge in [-0.3, -0.25) is 4.98 Å². The van der Waals surface area contributed by atoms with E-state index >= 15 is 0 Å². The minimum Gasteiger partial charge on any atom is -0.256 e. The Morgan fingerprint density at radius 3 is 1.77 bits per heavy atom. The fraction of sp³-hybridized carbons (Fsp3) is 0.136. The molecule has 0 unspecified atom stereocenters. The molecule has 7 aromatic rings. The highest BCUT2D eigenvalue weighted by molar-refractivity contribution is 5.75. The first-order chi connectivity index (χ1) is 23.3. The van der Waals surface area contributed by atoms with Crippen LogP contribution in [0.15, 0.2) is 152 Å². The SMILES string of the molecule is CC(C)c1cc(-c2ccc(-c3cccc(C(C)(C)c4ncnc(-c5ccc(-c6ccccc6)cc5)n4)c3)cc2)cc(-c2ccccn2)c1. The summed E-state index contributed by atoms with van der Waals surface area (Å²) in [5.41, 5.74) is 12.2. The number of rotatable bonds is 8. The number of hydrogen-bond donors (Lipinski definition) is 0. The first-order valence-corrected chi connectivity index (χ1v) is 16.5. The number of pyridine rings is 1. The Labute approximate surface area is 283 Å². The van der Waals surface area contributed by atoms with Crippen LogP contribution in [0.1, 0.15) is 50.6 Å². The van der Waals surface area contributed by atoms with Crippen LogP contribution >= 0.6 is 0 Å². The van der Waals surface area contributed by atoms with Crippen LogP contribution in [-0.2, 0) is 5.41 Å². The molecule has 2 aromatic heterocycles. The lowest BCUT2D eigenvalue weighted by Crippen LogP contribution is -2.23. The van der Waals surface area contributed by atoms with E-state index in [1.807, 2.05) is 24.4 Å². The molecule has 48 heavy (non-hydrogen) atoms. The maximum Gasteiger partial charge on any atom is 0.163 e. The number of hydrogen-bond acceptors (Lipinski definition) is 4. The van der Waals surface area contributed by atoms with E-state index in [2.05, 4.69) is 164 Å². The van der Waals surface area contributed by atoms with E-state index in [4.69, 9.17) is 4.98 Å². The maximum absolute atomic E-state index is 4.96. The molecule has 0 aliphatic carbocycles. The second kappa shape index (κ2) is 13.2. The molecular weight excluding hydrogens is 585 g/mol. The summed E-state index contributed by atoms with van der Waals surface area (Å²) in [6.45, 7) is 8.82. The van der Waals surface area contributed by atoms with E-state index in [9.17, 15) is 0 Å². The Morgan fingerprint density at radius 2 is 1.08 bits per heavy atom. The van der Waals surface area contributed by atoms with E-state index in [-0.39, 0.29) is 0 Å². The van der Waals surface area contributed by atoms with Crippen LogP contribution in [0.5, 0.6) is 0 Å². The molecular formula is C44H38N4. The van der Waals surface area contributed by atoms with Gasteiger partial charge in [0.2, 0.25) is 0 Å². The number of nitrogens with zero attached hydrogens (tertiary/aromatic N) is 4. The smallest absolute Gasteiger partial charge is 0.163 e. The van der Waals surface area contributed by atoms with E-state index in [1.165, 1.54) is 22.3 Å². The minimum atomic E-state index is -0.434. The molecule has 0 bridgehead atoms. The molecule has 0 saturated heterocycles. The van der Waals surface area contributed by atoms with Crippen molar-refractivity contribution in [3.05, 3.63) is 169 Å². The molecule has 0 aliphatic heterocycles. The van der Waals surface area contributed by atoms with Gasteiger partial charge in [-0.15, -0.1) is 0 Å². The number of aromatic nitrogens is 4. The zero-order chi connectivity index (χ0) is 33.1. The summed E-state index contributed by atoms with van der Waals surface area (Å²) >= 11 is 0. The molecule has 4 nitrogen and oxygen atoms in total. The van der Waals surface area contributed by atoms with Gasteiger partial charge in [-0.2, -0.15) is 0 Å². The van der Waals surface area contributed by atoms with Crippen LogP contribution in [0.25, 0.3) is 56.0 Å². The van der Waals surface area contributed by atoms with Gasteiger partial charge in [-0.05, 0) is 88.5 Å². The predicted molar refractivity (Wildman–Crippen MR) is 197 cm³/mol. The van der Waals surface area contributed by atoms with E-state index in [0.717, 1.165) is 44.9 Å². The second-order valence-electron chi connectivity index (χ2n) is 13.1. The topological polar surface area (TPSA) is 51.6 Å². The summed E-state index contributed by atoms with van der Waals surface area (Å²) in [5, 5.41) is 0. The lowest BCUT2D eigenvalue weighted by Gasteiger charge is -2.24. The molecule has 2 heterocycles. The van der Waals surface area contributed by atoms with Crippen LogP contribution < -0.4 is 0 Å². The van der Waals surface area contributed by atoms with Gasteiger partial charge >= 0.3 is 0 Å². The fourth-order valence-electron chi connectivity index (χ4n) is 6.08. The molecule has 234 valence electrons. The van der Waals surface area contributed by atoms with Crippen LogP contribution in [0.3, 0.4) is 0 Å². The van der Waals surface area contributed by atoms with Crippen LogP contribution in [0.2, 0.25) is 0 Å². The van der Waals surface area contributed by atoms with Crippen LogP contribution in [0, 0.1) is 0 Å². The molecule has 5 aromatic carbocycles. The Morgan fingerprint density at radius 1 is 0.479 bits per heavy atom. The summed E-state index contributed by atoms with van der Waals surface area (Å²) in [4.78, 5) is 18.7. The summed E-state index contributed by atoms with van der Waals surface area (Å²) in [7, 11) is 0. The van der Waals surface area contributed by atoms with Crippen molar-refractivity contribution < 1.29 is 0 Å². The van der Waals surface area contributed by atoms with Gasteiger partial charge in [0, 0.05) is 22.7 Å². The molecule has 0 N–H and O–H groups in total. The van der Waals surface area contributed by atoms with Crippen molar-refractivity contribution in [3.8, 4) is 56.0 Å². The van der Waals surface area contributed by atoms with Crippen molar-refractivity contribution in [2.24, 2.45) is 0 Å². The van der Waals surface area contributed by atoms with Crippen molar-refractivity contribution in [3.63, 3.8) is 0 Å². The molecule has 0 amide bonds. The Balaban J connectivity index is 1.15. The van der Waals surface area contributed by atoms with E-state index in [0.29, 0.717) is 11.7 Å². The first kappa shape index (κ1) is 30.9. The van der Waals surface area contributed by atoms with Gasteiger partial charge in [0.05, 0.1) is 5.69 Å². The van der Waals surface area contributed by atoms with Crippen molar-refractivity contribution >= 4 is 0 Å². The molecule has 0 fully saturated rings. The third-order valence-corrected chi connectivity index (χ3v) is 9.10. The summed E-state index contributed by atoms with van der Waals surface area (Å²) < 4.78 is 0. The molecule has 0 atom stereocenters. The Kier molecular flexibility index (Phi) is 8.48. The lowest BCUT2D eigenvalue weighted by atomic mass is 9.82. The third-order valence-electron chi connectivity index (χ3n) is 9.10. The quantitative estimate of drug-likeness (QED) is 0.169. The van der Waals surface area contributed by atoms with Crippen molar-refractivity contribution in [1.82, 2.24) is 19.9 Å². The van der Waals surface area contributed by atoms with Gasteiger partial charge in [0.1, 0.15) is 12.2 Å². The summed E-state index contributed by atoms with van der Waals surface area (Å²) in [5.74, 6) is 1.83. The molecule has 0 saturated carbocycles. The second-order valence-corrected chi connectivity index (χ2v) is 13.1. The molecule has 4 heteroatoms. The highest BCUT2D eigenvalue weighted by atomic mass is 15.0. The fourth-order valence-corrected chi connectivity index (χ4v) is 6.08. The average Bonchev–Trinajstić information content (AvgIpc) is 3.15.